The van der Waals surface area contributed by atoms with Crippen LogP contribution in [0.3, 0.4) is 0 Å². The summed E-state index contributed by atoms with van der Waals surface area (Å²) in [6.45, 7) is 11.9. The van der Waals surface area contributed by atoms with E-state index in [9.17, 15) is 5.11 Å². The van der Waals surface area contributed by atoms with Gasteiger partial charge >= 0.3 is 0 Å². The van der Waals surface area contributed by atoms with Crippen LogP contribution in [0.15, 0.2) is 0 Å². The third-order valence-corrected chi connectivity index (χ3v) is 3.15. The Morgan fingerprint density at radius 2 is 1.83 bits per heavy atom. The van der Waals surface area contributed by atoms with Gasteiger partial charge in [0.1, 0.15) is 0 Å². The smallest absolute Gasteiger partial charge is 0.0897 e. The van der Waals surface area contributed by atoms with E-state index in [1.54, 1.807) is 0 Å². The first kappa shape index (κ1) is 17.9. The Labute approximate surface area is 113 Å². The molecule has 0 spiro atoms. The van der Waals surface area contributed by atoms with E-state index in [0.29, 0.717) is 25.1 Å². The average Bonchev–Trinajstić information content (AvgIpc) is 2.31. The summed E-state index contributed by atoms with van der Waals surface area (Å²) in [6, 6.07) is 0.526. The summed E-state index contributed by atoms with van der Waals surface area (Å²) < 4.78 is 5.65. The highest BCUT2D eigenvalue weighted by molar-refractivity contribution is 4.68. The number of ether oxygens (including phenoxy) is 1. The minimum absolute atomic E-state index is 0.234. The largest absolute Gasteiger partial charge is 0.389 e. The standard InChI is InChI=1S/C15H33NO2/c1-6-8-14(7-2)16-10-15(17)11-18-13(5)9-12(3)4/h12-17H,6-11H2,1-5H3. The third kappa shape index (κ3) is 9.86. The molecule has 2 N–H and O–H groups in total. The maximum Gasteiger partial charge on any atom is 0.0897 e. The fourth-order valence-corrected chi connectivity index (χ4v) is 2.17. The topological polar surface area (TPSA) is 41.5 Å². The summed E-state index contributed by atoms with van der Waals surface area (Å²) in [5, 5.41) is 13.3. The maximum atomic E-state index is 9.86. The zero-order chi connectivity index (χ0) is 14.0. The van der Waals surface area contributed by atoms with E-state index < -0.39 is 6.10 Å². The van der Waals surface area contributed by atoms with Crippen LogP contribution in [0.4, 0.5) is 0 Å². The van der Waals surface area contributed by atoms with Crippen LogP contribution in [0.5, 0.6) is 0 Å². The van der Waals surface area contributed by atoms with Gasteiger partial charge < -0.3 is 15.2 Å². The Hall–Kier alpha value is -0.120. The second kappa shape index (κ2) is 10.8. The minimum Gasteiger partial charge on any atom is -0.389 e. The van der Waals surface area contributed by atoms with Crippen molar-refractivity contribution >= 4 is 0 Å². The Morgan fingerprint density at radius 3 is 2.33 bits per heavy atom. The van der Waals surface area contributed by atoms with Gasteiger partial charge in [0.25, 0.3) is 0 Å². The van der Waals surface area contributed by atoms with Crippen molar-refractivity contribution in [1.29, 1.82) is 0 Å². The highest BCUT2D eigenvalue weighted by atomic mass is 16.5. The number of nitrogens with one attached hydrogen (secondary N) is 1. The second-order valence-electron chi connectivity index (χ2n) is 5.73. The van der Waals surface area contributed by atoms with Crippen LogP contribution in [0.1, 0.15) is 60.3 Å². The molecule has 0 saturated carbocycles. The lowest BCUT2D eigenvalue weighted by atomic mass is 10.1. The van der Waals surface area contributed by atoms with E-state index in [2.05, 4.69) is 39.9 Å². The van der Waals surface area contributed by atoms with Gasteiger partial charge in [-0.25, -0.2) is 0 Å². The zero-order valence-electron chi connectivity index (χ0n) is 12.9. The van der Waals surface area contributed by atoms with E-state index in [-0.39, 0.29) is 6.10 Å². The third-order valence-electron chi connectivity index (χ3n) is 3.15. The lowest BCUT2D eigenvalue weighted by Crippen LogP contribution is -2.37. The van der Waals surface area contributed by atoms with Gasteiger partial charge in [-0.3, -0.25) is 0 Å². The van der Waals surface area contributed by atoms with Crippen molar-refractivity contribution in [1.82, 2.24) is 5.32 Å². The van der Waals surface area contributed by atoms with Crippen molar-refractivity contribution in [2.24, 2.45) is 5.92 Å². The molecule has 0 aliphatic heterocycles. The van der Waals surface area contributed by atoms with Crippen LogP contribution in [0.2, 0.25) is 0 Å². The highest BCUT2D eigenvalue weighted by Crippen LogP contribution is 2.08. The summed E-state index contributed by atoms with van der Waals surface area (Å²) >= 11 is 0. The predicted octanol–water partition coefficient (Wildman–Crippen LogP) is 2.97. The van der Waals surface area contributed by atoms with Crippen LogP contribution in [-0.4, -0.2) is 36.5 Å². The van der Waals surface area contributed by atoms with E-state index >= 15 is 0 Å². The monoisotopic (exact) mass is 259 g/mol. The molecule has 0 bridgehead atoms. The molecule has 0 aromatic rings. The van der Waals surface area contributed by atoms with Gasteiger partial charge in [0.15, 0.2) is 0 Å². The van der Waals surface area contributed by atoms with E-state index in [4.69, 9.17) is 4.74 Å². The first-order valence-electron chi connectivity index (χ1n) is 7.52. The zero-order valence-corrected chi connectivity index (χ0v) is 12.9. The van der Waals surface area contributed by atoms with Crippen LogP contribution >= 0.6 is 0 Å². The lowest BCUT2D eigenvalue weighted by molar-refractivity contribution is -0.00937. The Kier molecular flexibility index (Phi) is 10.7. The van der Waals surface area contributed by atoms with Gasteiger partial charge in [-0.2, -0.15) is 0 Å². The van der Waals surface area contributed by atoms with Crippen molar-refractivity contribution in [2.75, 3.05) is 13.2 Å². The molecule has 0 rings (SSSR count). The van der Waals surface area contributed by atoms with E-state index in [0.717, 1.165) is 12.8 Å². The Bertz CT molecular complexity index is 185. The molecule has 3 unspecified atom stereocenters. The number of hydrogen-bond donors (Lipinski definition) is 2. The fraction of sp³-hybridized carbons (Fsp3) is 1.00. The summed E-state index contributed by atoms with van der Waals surface area (Å²) in [6.07, 6.45) is 4.36. The lowest BCUT2D eigenvalue weighted by Gasteiger charge is -2.21. The molecule has 0 aliphatic rings. The molecule has 0 amide bonds. The highest BCUT2D eigenvalue weighted by Gasteiger charge is 2.11. The van der Waals surface area contributed by atoms with Gasteiger partial charge in [0.05, 0.1) is 18.8 Å². The molecule has 0 aromatic heterocycles. The first-order valence-corrected chi connectivity index (χ1v) is 7.52. The van der Waals surface area contributed by atoms with Crippen LogP contribution < -0.4 is 5.32 Å². The SMILES string of the molecule is CCCC(CC)NCC(O)COC(C)CC(C)C. The number of aliphatic hydroxyl groups is 1. The van der Waals surface area contributed by atoms with Crippen molar-refractivity contribution in [3.05, 3.63) is 0 Å². The summed E-state index contributed by atoms with van der Waals surface area (Å²) in [7, 11) is 0. The fourth-order valence-electron chi connectivity index (χ4n) is 2.17. The molecule has 0 aliphatic carbocycles. The van der Waals surface area contributed by atoms with Crippen molar-refractivity contribution in [2.45, 2.75) is 78.6 Å². The molecule has 0 fully saturated rings. The number of rotatable bonds is 11. The van der Waals surface area contributed by atoms with Crippen molar-refractivity contribution in [3.63, 3.8) is 0 Å². The second-order valence-corrected chi connectivity index (χ2v) is 5.73. The summed E-state index contributed by atoms with van der Waals surface area (Å²) in [5.41, 5.74) is 0. The first-order chi connectivity index (χ1) is 8.49. The van der Waals surface area contributed by atoms with Crippen molar-refractivity contribution in [3.8, 4) is 0 Å². The van der Waals surface area contributed by atoms with Gasteiger partial charge in [0.2, 0.25) is 0 Å². The van der Waals surface area contributed by atoms with Crippen LogP contribution in [-0.2, 0) is 4.74 Å². The quantitative estimate of drug-likeness (QED) is 0.599. The van der Waals surface area contributed by atoms with Gasteiger partial charge in [-0.1, -0.05) is 34.1 Å². The average molecular weight is 259 g/mol. The minimum atomic E-state index is -0.398. The van der Waals surface area contributed by atoms with Crippen LogP contribution in [0.25, 0.3) is 0 Å². The molecule has 18 heavy (non-hydrogen) atoms. The molecule has 0 saturated heterocycles. The summed E-state index contributed by atoms with van der Waals surface area (Å²) in [5.74, 6) is 0.643. The summed E-state index contributed by atoms with van der Waals surface area (Å²) in [4.78, 5) is 0. The van der Waals surface area contributed by atoms with Gasteiger partial charge in [-0.05, 0) is 32.1 Å². The molecular formula is C15H33NO2. The molecule has 0 radical (unpaired) electrons. The molecule has 3 nitrogen and oxygen atoms in total. The van der Waals surface area contributed by atoms with Gasteiger partial charge in [0, 0.05) is 12.6 Å². The Balaban J connectivity index is 3.66. The molecular weight excluding hydrogens is 226 g/mol. The number of aliphatic hydroxyl groups excluding tert-OH is 1. The maximum absolute atomic E-state index is 9.86. The van der Waals surface area contributed by atoms with Crippen LogP contribution in [0, 0.1) is 5.92 Å². The predicted molar refractivity (Wildman–Crippen MR) is 77.9 cm³/mol. The number of hydrogen-bond acceptors (Lipinski definition) is 3. The molecule has 3 atom stereocenters. The molecule has 110 valence electrons. The van der Waals surface area contributed by atoms with Crippen molar-refractivity contribution < 1.29 is 9.84 Å². The molecule has 3 heteroatoms. The van der Waals surface area contributed by atoms with Gasteiger partial charge in [-0.15, -0.1) is 0 Å². The van der Waals surface area contributed by atoms with E-state index in [1.165, 1.54) is 12.8 Å². The van der Waals surface area contributed by atoms with E-state index in [1.807, 2.05) is 0 Å². The Morgan fingerprint density at radius 1 is 1.17 bits per heavy atom. The molecule has 0 aromatic carbocycles. The normalized spacial score (nSPS) is 16.8. The molecule has 0 heterocycles.